The number of anilines is 5. The van der Waals surface area contributed by atoms with E-state index in [1.165, 1.54) is 6.07 Å². The highest BCUT2D eigenvalue weighted by Gasteiger charge is 2.16. The molecule has 0 aliphatic rings. The molecule has 0 spiro atoms. The fourth-order valence-corrected chi connectivity index (χ4v) is 3.32. The second-order valence-corrected chi connectivity index (χ2v) is 8.28. The molecule has 3 aromatic rings. The summed E-state index contributed by atoms with van der Waals surface area (Å²) in [6, 6.07) is 3.39. The molecule has 0 saturated heterocycles. The van der Waals surface area contributed by atoms with E-state index in [1.807, 2.05) is 4.98 Å². The summed E-state index contributed by atoms with van der Waals surface area (Å²) in [5.41, 5.74) is 3.98. The van der Waals surface area contributed by atoms with Crippen LogP contribution in [-0.4, -0.2) is 56.2 Å². The minimum absolute atomic E-state index is 0.0287. The molecule has 9 N–H and O–H groups in total. The van der Waals surface area contributed by atoms with Crippen molar-refractivity contribution in [3.05, 3.63) is 45.2 Å². The third kappa shape index (κ3) is 6.71. The molecule has 0 unspecified atom stereocenters. The van der Waals surface area contributed by atoms with Crippen LogP contribution in [0.5, 0.6) is 0 Å². The molecule has 182 valence electrons. The Balaban J connectivity index is 2.01. The maximum absolute atomic E-state index is 12.0. The number of hydrogen-bond donors (Lipinski definition) is 8. The van der Waals surface area contributed by atoms with Crippen LogP contribution in [-0.2, 0) is 19.5 Å². The van der Waals surface area contributed by atoms with E-state index in [0.29, 0.717) is 12.0 Å². The first-order valence-electron chi connectivity index (χ1n) is 9.02. The highest BCUT2D eigenvalue weighted by Crippen LogP contribution is 2.32. The summed E-state index contributed by atoms with van der Waals surface area (Å²) in [7, 11) is -4.56. The van der Waals surface area contributed by atoms with Gasteiger partial charge in [0, 0.05) is 19.3 Å². The molecule has 0 saturated carbocycles. The predicted molar refractivity (Wildman–Crippen MR) is 119 cm³/mol. The average molecular weight is 515 g/mol. The Bertz CT molecular complexity index is 1380. The molecule has 2 aromatic heterocycles. The Morgan fingerprint density at radius 1 is 1.09 bits per heavy atom. The normalized spacial score (nSPS) is 11.3. The van der Waals surface area contributed by atoms with E-state index in [2.05, 4.69) is 45.3 Å². The first-order chi connectivity index (χ1) is 16.2. The zero-order valence-electron chi connectivity index (χ0n) is 16.8. The number of rotatable bonds is 11. The summed E-state index contributed by atoms with van der Waals surface area (Å²) >= 11 is 0.505. The third-order valence-electron chi connectivity index (χ3n) is 3.78. The van der Waals surface area contributed by atoms with E-state index in [-0.39, 0.29) is 47.2 Å². The fraction of sp³-hybridized carbons (Fsp3) is 0.133. The van der Waals surface area contributed by atoms with Crippen LogP contribution < -0.4 is 32.9 Å². The molecule has 34 heavy (non-hydrogen) atoms. The smallest absolute Gasteiger partial charge is 0.325 e. The van der Waals surface area contributed by atoms with Crippen LogP contribution >= 0.6 is 12.0 Å². The van der Waals surface area contributed by atoms with E-state index >= 15 is 0 Å². The Labute approximate surface area is 194 Å². The molecule has 0 atom stereocenters. The van der Waals surface area contributed by atoms with Gasteiger partial charge >= 0.3 is 5.69 Å². The van der Waals surface area contributed by atoms with Gasteiger partial charge < -0.3 is 26.7 Å². The molecule has 19 heteroatoms. The molecule has 0 radical (unpaired) electrons. The van der Waals surface area contributed by atoms with Gasteiger partial charge in [0.2, 0.25) is 17.8 Å². The van der Waals surface area contributed by atoms with Gasteiger partial charge in [-0.05, 0) is 18.2 Å². The minimum atomic E-state index is -4.56. The number of aromatic nitrogens is 5. The summed E-state index contributed by atoms with van der Waals surface area (Å²) in [6.45, 7) is 0.523. The first kappa shape index (κ1) is 25.0. The molecule has 0 aliphatic heterocycles. The Hall–Kier alpha value is -3.59. The van der Waals surface area contributed by atoms with Crippen molar-refractivity contribution >= 4 is 51.4 Å². The minimum Gasteiger partial charge on any atom is -0.353 e. The molecule has 3 rings (SSSR count). The van der Waals surface area contributed by atoms with E-state index in [0.717, 1.165) is 18.3 Å². The molecule has 1 aromatic carbocycles. The van der Waals surface area contributed by atoms with Crippen LogP contribution in [0, 0.1) is 0 Å². The highest BCUT2D eigenvalue weighted by molar-refractivity contribution is 7.94. The molecule has 0 aliphatic carbocycles. The van der Waals surface area contributed by atoms with Crippen molar-refractivity contribution in [3.63, 3.8) is 0 Å². The molecule has 0 fully saturated rings. The second kappa shape index (κ2) is 11.0. The van der Waals surface area contributed by atoms with Gasteiger partial charge in [0.05, 0.1) is 27.5 Å². The maximum atomic E-state index is 12.0. The van der Waals surface area contributed by atoms with Crippen molar-refractivity contribution in [2.75, 3.05) is 29.0 Å². The number of nitrogens with one attached hydrogen (secondary N) is 5. The van der Waals surface area contributed by atoms with Crippen molar-refractivity contribution in [2.24, 2.45) is 5.73 Å². The number of hydrogen-bond acceptors (Lipinski definition) is 15. The molecular formula is C15H17N9O8S2. The van der Waals surface area contributed by atoms with Crippen LogP contribution in [0.15, 0.2) is 43.8 Å². The van der Waals surface area contributed by atoms with Gasteiger partial charge in [-0.1, -0.05) is 5.04 Å². The number of aromatic amines is 2. The quantitative estimate of drug-likeness (QED) is 0.0710. The zero-order valence-corrected chi connectivity index (χ0v) is 18.4. The van der Waals surface area contributed by atoms with Crippen LogP contribution in [0.3, 0.4) is 0 Å². The zero-order chi connectivity index (χ0) is 24.7. The number of nitrogens with two attached hydrogens (primary N) is 1. The number of benzene rings is 1. The topological polar surface area (TPSA) is 260 Å². The van der Waals surface area contributed by atoms with Crippen LogP contribution in [0.2, 0.25) is 0 Å². The van der Waals surface area contributed by atoms with E-state index < -0.39 is 26.3 Å². The number of H-pyrrole nitrogens is 2. The van der Waals surface area contributed by atoms with Gasteiger partial charge in [0.15, 0.2) is 0 Å². The van der Waals surface area contributed by atoms with Gasteiger partial charge in [-0.15, -0.1) is 4.33 Å². The van der Waals surface area contributed by atoms with Crippen molar-refractivity contribution < 1.29 is 27.6 Å². The average Bonchev–Trinajstić information content (AvgIpc) is 2.78. The predicted octanol–water partition coefficient (Wildman–Crippen LogP) is -0.219. The van der Waals surface area contributed by atoms with Crippen LogP contribution in [0.1, 0.15) is 0 Å². The van der Waals surface area contributed by atoms with E-state index in [1.54, 1.807) is 0 Å². The van der Waals surface area contributed by atoms with Crippen LogP contribution in [0.4, 0.5) is 29.2 Å². The molecule has 2 heterocycles. The van der Waals surface area contributed by atoms with Gasteiger partial charge in [0.1, 0.15) is 5.69 Å². The number of nitrogens with zero attached hydrogens (tertiary/aromatic N) is 3. The SMILES string of the molecule is NCCNc1nc(Nc2cc(S(=O)(=O)O)ccc2SOOO)nc(Nc2c[nH]c(=O)[nH]c2=O)n1. The monoisotopic (exact) mass is 515 g/mol. The Morgan fingerprint density at radius 3 is 2.38 bits per heavy atom. The van der Waals surface area contributed by atoms with E-state index in [4.69, 9.17) is 11.0 Å². The summed E-state index contributed by atoms with van der Waals surface area (Å²) in [4.78, 5) is 39.6. The van der Waals surface area contributed by atoms with Gasteiger partial charge in [-0.3, -0.25) is 14.3 Å². The summed E-state index contributed by atoms with van der Waals surface area (Å²) in [5.74, 6) is -0.247. The van der Waals surface area contributed by atoms with Crippen molar-refractivity contribution in [2.45, 2.75) is 9.79 Å². The van der Waals surface area contributed by atoms with E-state index in [9.17, 15) is 22.6 Å². The molecular weight excluding hydrogens is 498 g/mol. The summed E-state index contributed by atoms with van der Waals surface area (Å²) in [6.07, 6.45) is 1.11. The molecule has 17 nitrogen and oxygen atoms in total. The third-order valence-corrected chi connectivity index (χ3v) is 5.29. The maximum Gasteiger partial charge on any atom is 0.325 e. The fourth-order valence-electron chi connectivity index (χ4n) is 2.39. The lowest BCUT2D eigenvalue weighted by Crippen LogP contribution is -2.24. The van der Waals surface area contributed by atoms with Crippen molar-refractivity contribution in [1.82, 2.24) is 24.9 Å². The second-order valence-electron chi connectivity index (χ2n) is 6.12. The lowest BCUT2D eigenvalue weighted by molar-refractivity contribution is -0.432. The van der Waals surface area contributed by atoms with Crippen molar-refractivity contribution in [1.29, 1.82) is 0 Å². The van der Waals surface area contributed by atoms with Gasteiger partial charge in [-0.2, -0.15) is 23.4 Å². The van der Waals surface area contributed by atoms with Crippen molar-refractivity contribution in [3.8, 4) is 0 Å². The standard InChI is InChI=1S/C15H17N9O8S2/c16-3-4-17-12-22-13(24-14(23-12)20-9-6-18-15(26)21-11(9)25)19-8-5-7(34(28,29)30)1-2-10(8)33-32-31-27/h1-2,5-6,27H,3-4,16H2,(H,28,29,30)(H2,18,21,25,26)(H3,17,19,20,22,23,24). The van der Waals surface area contributed by atoms with Gasteiger partial charge in [-0.25, -0.2) is 10.1 Å². The molecule has 0 amide bonds. The summed E-state index contributed by atoms with van der Waals surface area (Å²) in [5, 5.41) is 20.1. The van der Waals surface area contributed by atoms with Gasteiger partial charge in [0.25, 0.3) is 15.7 Å². The summed E-state index contributed by atoms with van der Waals surface area (Å²) < 4.78 is 36.8. The molecule has 0 bridgehead atoms. The largest absolute Gasteiger partial charge is 0.353 e. The Kier molecular flexibility index (Phi) is 8.12. The highest BCUT2D eigenvalue weighted by atomic mass is 32.2. The Morgan fingerprint density at radius 2 is 1.76 bits per heavy atom. The lowest BCUT2D eigenvalue weighted by Gasteiger charge is -2.13. The van der Waals surface area contributed by atoms with Crippen LogP contribution in [0.25, 0.3) is 0 Å². The first-order valence-corrected chi connectivity index (χ1v) is 11.2. The lowest BCUT2D eigenvalue weighted by atomic mass is 10.3.